The Hall–Kier alpha value is -2.41. The van der Waals surface area contributed by atoms with Crippen molar-refractivity contribution in [1.29, 1.82) is 5.26 Å². The second-order valence-electron chi connectivity index (χ2n) is 13.3. The van der Waals surface area contributed by atoms with Crippen molar-refractivity contribution in [2.24, 2.45) is 33.0 Å². The molecule has 0 bridgehead atoms. The minimum Gasteiger partial charge on any atom is -0.422 e. The molecule has 0 spiro atoms. The number of rotatable bonds is 1. The first-order valence-electron chi connectivity index (χ1n) is 13.2. The molecule has 0 aromatic carbocycles. The van der Waals surface area contributed by atoms with Gasteiger partial charge in [-0.15, -0.1) is 0 Å². The lowest BCUT2D eigenvalue weighted by Crippen LogP contribution is -2.61. The predicted molar refractivity (Wildman–Crippen MR) is 136 cm³/mol. The molecule has 0 N–H and O–H groups in total. The van der Waals surface area contributed by atoms with Gasteiger partial charge >= 0.3 is 5.97 Å². The summed E-state index contributed by atoms with van der Waals surface area (Å²) in [7, 11) is 0. The summed E-state index contributed by atoms with van der Waals surface area (Å²) in [5, 5.41) is 10.0. The van der Waals surface area contributed by atoms with Crippen LogP contribution >= 0.6 is 0 Å². The van der Waals surface area contributed by atoms with E-state index in [1.165, 1.54) is 18.9 Å². The zero-order valence-electron chi connectivity index (χ0n) is 22.4. The molecule has 0 saturated heterocycles. The second kappa shape index (κ2) is 7.31. The highest BCUT2D eigenvalue weighted by Gasteiger charge is 2.66. The van der Waals surface area contributed by atoms with Crippen LogP contribution in [0, 0.1) is 44.3 Å². The monoisotopic (exact) mass is 473 g/mol. The van der Waals surface area contributed by atoms with E-state index in [2.05, 4.69) is 52.8 Å². The van der Waals surface area contributed by atoms with E-state index in [0.717, 1.165) is 55.2 Å². The van der Waals surface area contributed by atoms with Crippen LogP contribution in [0.5, 0.6) is 0 Å². The first-order chi connectivity index (χ1) is 16.2. The van der Waals surface area contributed by atoms with Gasteiger partial charge in [0, 0.05) is 17.9 Å². The molecule has 3 saturated carbocycles. The topological polar surface area (TPSA) is 67.2 Å². The molecule has 0 aromatic heterocycles. The van der Waals surface area contributed by atoms with Crippen molar-refractivity contribution in [2.75, 3.05) is 0 Å². The van der Waals surface area contributed by atoms with Gasteiger partial charge in [0.2, 0.25) is 5.78 Å². The molecular formula is C31H39NO3. The second-order valence-corrected chi connectivity index (χ2v) is 13.3. The van der Waals surface area contributed by atoms with Crippen LogP contribution in [0.2, 0.25) is 0 Å². The third-order valence-electron chi connectivity index (χ3n) is 11.4. The van der Waals surface area contributed by atoms with Gasteiger partial charge in [-0.3, -0.25) is 9.59 Å². The molecule has 5 rings (SSSR count). The molecule has 3 fully saturated rings. The average molecular weight is 474 g/mol. The van der Waals surface area contributed by atoms with Gasteiger partial charge in [-0.05, 0) is 98.2 Å². The Kier molecular flexibility index (Phi) is 5.07. The van der Waals surface area contributed by atoms with Gasteiger partial charge in [-0.1, -0.05) is 45.4 Å². The smallest absolute Gasteiger partial charge is 0.308 e. The van der Waals surface area contributed by atoms with Crippen molar-refractivity contribution in [1.82, 2.24) is 0 Å². The van der Waals surface area contributed by atoms with Crippen molar-refractivity contribution in [2.45, 2.75) is 93.4 Å². The lowest BCUT2D eigenvalue weighted by molar-refractivity contribution is -0.155. The summed E-state index contributed by atoms with van der Waals surface area (Å²) in [4.78, 5) is 24.7. The zero-order chi connectivity index (χ0) is 25.6. The lowest BCUT2D eigenvalue weighted by atomic mass is 9.34. The van der Waals surface area contributed by atoms with Crippen molar-refractivity contribution in [3.63, 3.8) is 0 Å². The maximum Gasteiger partial charge on any atom is 0.308 e. The highest BCUT2D eigenvalue weighted by molar-refractivity contribution is 6.08. The molecule has 4 nitrogen and oxygen atoms in total. The van der Waals surface area contributed by atoms with Crippen LogP contribution in [0.3, 0.4) is 0 Å². The summed E-state index contributed by atoms with van der Waals surface area (Å²) in [6.07, 6.45) is 13.7. The Labute approximate surface area is 210 Å². The number of nitriles is 1. The number of nitrogens with zero attached hydrogens (tertiary/aromatic N) is 1. The number of ether oxygens (including phenoxy) is 1. The van der Waals surface area contributed by atoms with Gasteiger partial charge in [0.05, 0.1) is 11.5 Å². The number of fused-ring (bicyclic) bond motifs is 7. The molecular weight excluding hydrogens is 434 g/mol. The van der Waals surface area contributed by atoms with Crippen LogP contribution < -0.4 is 0 Å². The fourth-order valence-corrected chi connectivity index (χ4v) is 8.82. The molecule has 5 aliphatic carbocycles. The number of carbonyl (C=O) groups excluding carboxylic acids is 2. The number of hydrogen-bond donors (Lipinski definition) is 0. The number of esters is 1. The van der Waals surface area contributed by atoms with E-state index in [4.69, 9.17) is 4.74 Å². The maximum atomic E-state index is 13.1. The van der Waals surface area contributed by atoms with E-state index in [1.807, 2.05) is 6.92 Å². The van der Waals surface area contributed by atoms with Crippen LogP contribution in [0.4, 0.5) is 0 Å². The molecule has 186 valence electrons. The molecule has 0 amide bonds. The summed E-state index contributed by atoms with van der Waals surface area (Å²) in [5.41, 5.74) is 4.21. The van der Waals surface area contributed by atoms with E-state index in [9.17, 15) is 14.9 Å². The molecule has 6 atom stereocenters. The highest BCUT2D eigenvalue weighted by Crippen LogP contribution is 2.75. The van der Waals surface area contributed by atoms with Crippen LogP contribution in [-0.4, -0.2) is 11.8 Å². The number of allylic oxidation sites excluding steroid dienone is 7. The largest absolute Gasteiger partial charge is 0.422 e. The SMILES string of the molecule is CC(=O)OC1=C(C)C2=CC=C3[C@@](C)(CC[C@@]4(C)[C@@H]5C[C@](C)(C#N)CC[C@]5(C)CC[C@]34C)C2=CC1=O. The summed E-state index contributed by atoms with van der Waals surface area (Å²) >= 11 is 0. The van der Waals surface area contributed by atoms with E-state index in [1.54, 1.807) is 6.08 Å². The third kappa shape index (κ3) is 3.09. The van der Waals surface area contributed by atoms with Crippen molar-refractivity contribution in [3.8, 4) is 6.07 Å². The van der Waals surface area contributed by atoms with Crippen LogP contribution in [0.25, 0.3) is 0 Å². The van der Waals surface area contributed by atoms with Gasteiger partial charge < -0.3 is 4.74 Å². The Balaban J connectivity index is 1.63. The number of ketones is 1. The third-order valence-corrected chi connectivity index (χ3v) is 11.4. The highest BCUT2D eigenvalue weighted by atomic mass is 16.5. The number of carbonyl (C=O) groups is 2. The molecule has 0 aromatic rings. The zero-order valence-corrected chi connectivity index (χ0v) is 22.4. The van der Waals surface area contributed by atoms with Crippen LogP contribution in [0.15, 0.2) is 46.3 Å². The standard InChI is InChI=1S/C31H39NO3/c1-19-21-8-9-24-29(5,22(21)16-23(34)26(19)35-20(2)33)13-15-31(7)25-17-27(3,18-32)10-11-28(25,4)12-14-30(24,31)6/h8-9,16,25H,10-15,17H2,1-7H3/t25-,27-,28-,29+,30-,31+/m1/s1. The minimum absolute atomic E-state index is 0.00240. The fourth-order valence-electron chi connectivity index (χ4n) is 8.82. The fraction of sp³-hybridized carbons (Fsp3) is 0.645. The van der Waals surface area contributed by atoms with Crippen molar-refractivity contribution in [3.05, 3.63) is 46.3 Å². The van der Waals surface area contributed by atoms with Gasteiger partial charge in [-0.25, -0.2) is 0 Å². The average Bonchev–Trinajstić information content (AvgIpc) is 2.80. The van der Waals surface area contributed by atoms with Crippen LogP contribution in [-0.2, 0) is 14.3 Å². The van der Waals surface area contributed by atoms with Crippen molar-refractivity contribution >= 4 is 11.8 Å². The molecule has 5 aliphatic rings. The summed E-state index contributed by atoms with van der Waals surface area (Å²) in [6.45, 7) is 15.2. The Bertz CT molecular complexity index is 1210. The first kappa shape index (κ1) is 24.3. The van der Waals surface area contributed by atoms with Gasteiger partial charge in [0.1, 0.15) is 0 Å². The quantitative estimate of drug-likeness (QED) is 0.380. The summed E-state index contributed by atoms with van der Waals surface area (Å²) in [5.74, 6) is -0.0149. The Morgan fingerprint density at radius 3 is 2.37 bits per heavy atom. The predicted octanol–water partition coefficient (Wildman–Crippen LogP) is 7.14. The Morgan fingerprint density at radius 2 is 1.71 bits per heavy atom. The van der Waals surface area contributed by atoms with Crippen molar-refractivity contribution < 1.29 is 14.3 Å². The van der Waals surface area contributed by atoms with E-state index >= 15 is 0 Å². The normalized spacial score (nSPS) is 44.5. The van der Waals surface area contributed by atoms with Gasteiger partial charge in [0.25, 0.3) is 0 Å². The van der Waals surface area contributed by atoms with E-state index < -0.39 is 5.97 Å². The molecule has 0 unspecified atom stereocenters. The summed E-state index contributed by atoms with van der Waals surface area (Å²) < 4.78 is 5.31. The molecule has 0 radical (unpaired) electrons. The summed E-state index contributed by atoms with van der Waals surface area (Å²) in [6, 6.07) is 2.67. The maximum absolute atomic E-state index is 13.1. The van der Waals surface area contributed by atoms with Gasteiger partial charge in [0.15, 0.2) is 5.76 Å². The van der Waals surface area contributed by atoms with E-state index in [-0.39, 0.29) is 38.6 Å². The minimum atomic E-state index is -0.466. The van der Waals surface area contributed by atoms with E-state index in [0.29, 0.717) is 5.92 Å². The molecule has 0 aliphatic heterocycles. The Morgan fingerprint density at radius 1 is 1.03 bits per heavy atom. The lowest BCUT2D eigenvalue weighted by Gasteiger charge is -2.69. The first-order valence-corrected chi connectivity index (χ1v) is 13.2. The van der Waals surface area contributed by atoms with Crippen LogP contribution in [0.1, 0.15) is 93.4 Å². The molecule has 4 heteroatoms. The molecule has 35 heavy (non-hydrogen) atoms. The number of hydrogen-bond acceptors (Lipinski definition) is 4. The molecule has 0 heterocycles. The van der Waals surface area contributed by atoms with Gasteiger partial charge in [-0.2, -0.15) is 5.26 Å².